The van der Waals surface area contributed by atoms with Crippen LogP contribution in [0.4, 0.5) is 5.82 Å². The van der Waals surface area contributed by atoms with Crippen molar-refractivity contribution < 1.29 is 13.2 Å². The molecular weight excluding hydrogens is 276 g/mol. The van der Waals surface area contributed by atoms with Gasteiger partial charge in [0.15, 0.2) is 9.84 Å². The highest BCUT2D eigenvalue weighted by Gasteiger charge is 2.41. The van der Waals surface area contributed by atoms with Crippen molar-refractivity contribution >= 4 is 15.7 Å². The number of hydrogen-bond donors (Lipinski definition) is 0. The van der Waals surface area contributed by atoms with Gasteiger partial charge in [0.25, 0.3) is 0 Å². The van der Waals surface area contributed by atoms with Crippen LogP contribution in [-0.2, 0) is 14.6 Å². The lowest BCUT2D eigenvalue weighted by Crippen LogP contribution is -2.35. The molecule has 110 valence electrons. The Morgan fingerprint density at radius 1 is 1.40 bits per heavy atom. The third kappa shape index (κ3) is 2.54. The summed E-state index contributed by atoms with van der Waals surface area (Å²) in [6, 6.07) is 3.31. The van der Waals surface area contributed by atoms with Crippen molar-refractivity contribution in [3.63, 3.8) is 0 Å². The van der Waals surface area contributed by atoms with Gasteiger partial charge in [0, 0.05) is 37.6 Å². The predicted octanol–water partition coefficient (Wildman–Crippen LogP) is 1.49. The summed E-state index contributed by atoms with van der Waals surface area (Å²) < 4.78 is 29.4. The Morgan fingerprint density at radius 3 is 2.95 bits per heavy atom. The standard InChI is InChI=1S/C14H20N2O3S/c1-20(17,18)12-4-2-7-15-13(12)16-8-6-14(10-16)5-3-9-19-11-14/h2,4,7H,3,5-6,8-11H2,1H3. The number of pyridine rings is 1. The lowest BCUT2D eigenvalue weighted by atomic mass is 9.82. The molecule has 6 heteroatoms. The maximum Gasteiger partial charge on any atom is 0.179 e. The number of sulfone groups is 1. The average molecular weight is 296 g/mol. The fourth-order valence-electron chi connectivity index (χ4n) is 3.26. The number of rotatable bonds is 2. The van der Waals surface area contributed by atoms with Gasteiger partial charge in [0.05, 0.1) is 6.61 Å². The molecule has 1 unspecified atom stereocenters. The van der Waals surface area contributed by atoms with Crippen LogP contribution in [0.25, 0.3) is 0 Å². The zero-order valence-electron chi connectivity index (χ0n) is 11.7. The molecule has 2 saturated heterocycles. The summed E-state index contributed by atoms with van der Waals surface area (Å²) >= 11 is 0. The summed E-state index contributed by atoms with van der Waals surface area (Å²) in [4.78, 5) is 6.74. The van der Waals surface area contributed by atoms with Gasteiger partial charge in [-0.15, -0.1) is 0 Å². The van der Waals surface area contributed by atoms with Gasteiger partial charge in [-0.25, -0.2) is 13.4 Å². The SMILES string of the molecule is CS(=O)(=O)c1cccnc1N1CCC2(CCCOC2)C1. The molecule has 0 N–H and O–H groups in total. The first kappa shape index (κ1) is 13.8. The molecule has 1 spiro atoms. The molecule has 0 bridgehead atoms. The zero-order chi connectivity index (χ0) is 14.2. The van der Waals surface area contributed by atoms with Gasteiger partial charge in [-0.2, -0.15) is 0 Å². The van der Waals surface area contributed by atoms with E-state index in [1.807, 2.05) is 0 Å². The van der Waals surface area contributed by atoms with Crippen LogP contribution in [0.15, 0.2) is 23.2 Å². The number of hydrogen-bond acceptors (Lipinski definition) is 5. The first-order valence-electron chi connectivity index (χ1n) is 6.98. The fraction of sp³-hybridized carbons (Fsp3) is 0.643. The Hall–Kier alpha value is -1.14. The molecule has 2 fully saturated rings. The monoisotopic (exact) mass is 296 g/mol. The largest absolute Gasteiger partial charge is 0.381 e. The summed E-state index contributed by atoms with van der Waals surface area (Å²) in [5.74, 6) is 0.595. The second-order valence-electron chi connectivity index (χ2n) is 5.93. The Bertz CT molecular complexity index is 594. The molecule has 2 aliphatic rings. The Balaban J connectivity index is 1.88. The van der Waals surface area contributed by atoms with E-state index in [0.717, 1.165) is 45.6 Å². The number of aromatic nitrogens is 1. The van der Waals surface area contributed by atoms with E-state index in [1.165, 1.54) is 6.26 Å². The van der Waals surface area contributed by atoms with E-state index in [-0.39, 0.29) is 5.41 Å². The minimum Gasteiger partial charge on any atom is -0.381 e. The van der Waals surface area contributed by atoms with Gasteiger partial charge in [-0.05, 0) is 31.4 Å². The van der Waals surface area contributed by atoms with Crippen LogP contribution in [0.5, 0.6) is 0 Å². The third-order valence-corrected chi connectivity index (χ3v) is 5.41. The molecule has 0 saturated carbocycles. The molecule has 0 radical (unpaired) electrons. The molecule has 20 heavy (non-hydrogen) atoms. The molecular formula is C14H20N2O3S. The third-order valence-electron chi connectivity index (χ3n) is 4.29. The Kier molecular flexibility index (Phi) is 3.46. The predicted molar refractivity (Wildman–Crippen MR) is 76.7 cm³/mol. The zero-order valence-corrected chi connectivity index (χ0v) is 12.5. The summed E-state index contributed by atoms with van der Waals surface area (Å²) in [5, 5.41) is 0. The summed E-state index contributed by atoms with van der Waals surface area (Å²) in [6.07, 6.45) is 6.20. The second kappa shape index (κ2) is 5.00. The van der Waals surface area contributed by atoms with Crippen LogP contribution in [0.1, 0.15) is 19.3 Å². The molecule has 3 heterocycles. The maximum absolute atomic E-state index is 11.9. The molecule has 3 rings (SSSR count). The topological polar surface area (TPSA) is 59.5 Å². The molecule has 1 aromatic rings. The van der Waals surface area contributed by atoms with Crippen molar-refractivity contribution in [1.29, 1.82) is 0 Å². The van der Waals surface area contributed by atoms with Gasteiger partial charge in [-0.3, -0.25) is 0 Å². The van der Waals surface area contributed by atoms with Crippen molar-refractivity contribution in [1.82, 2.24) is 4.98 Å². The molecule has 0 amide bonds. The van der Waals surface area contributed by atoms with Crippen LogP contribution in [-0.4, -0.2) is 46.0 Å². The lowest BCUT2D eigenvalue weighted by Gasteiger charge is -2.33. The smallest absolute Gasteiger partial charge is 0.179 e. The second-order valence-corrected chi connectivity index (χ2v) is 7.91. The number of nitrogens with zero attached hydrogens (tertiary/aromatic N) is 2. The minimum absolute atomic E-state index is 0.185. The van der Waals surface area contributed by atoms with Gasteiger partial charge in [0.2, 0.25) is 0 Å². The van der Waals surface area contributed by atoms with Gasteiger partial charge in [-0.1, -0.05) is 0 Å². The van der Waals surface area contributed by atoms with Gasteiger partial charge >= 0.3 is 0 Å². The molecule has 1 aromatic heterocycles. The summed E-state index contributed by atoms with van der Waals surface area (Å²) in [7, 11) is -3.25. The number of anilines is 1. The van der Waals surface area contributed by atoms with Gasteiger partial charge in [0.1, 0.15) is 10.7 Å². The Morgan fingerprint density at radius 2 is 2.25 bits per heavy atom. The Labute approximate surface area is 119 Å². The molecule has 1 atom stereocenters. The van der Waals surface area contributed by atoms with Crippen molar-refractivity contribution in [3.8, 4) is 0 Å². The van der Waals surface area contributed by atoms with E-state index in [9.17, 15) is 8.42 Å². The first-order chi connectivity index (χ1) is 9.50. The van der Waals surface area contributed by atoms with Crippen molar-refractivity contribution in [2.24, 2.45) is 5.41 Å². The minimum atomic E-state index is -3.25. The quantitative estimate of drug-likeness (QED) is 0.827. The van der Waals surface area contributed by atoms with Gasteiger partial charge < -0.3 is 9.64 Å². The lowest BCUT2D eigenvalue weighted by molar-refractivity contribution is 0.00435. The highest BCUT2D eigenvalue weighted by molar-refractivity contribution is 7.90. The highest BCUT2D eigenvalue weighted by atomic mass is 32.2. The number of ether oxygens (including phenoxy) is 1. The molecule has 2 aliphatic heterocycles. The fourth-order valence-corrected chi connectivity index (χ4v) is 4.10. The van der Waals surface area contributed by atoms with E-state index in [1.54, 1.807) is 18.3 Å². The van der Waals surface area contributed by atoms with Crippen LogP contribution in [0.3, 0.4) is 0 Å². The van der Waals surface area contributed by atoms with E-state index in [2.05, 4.69) is 9.88 Å². The van der Waals surface area contributed by atoms with Crippen LogP contribution >= 0.6 is 0 Å². The van der Waals surface area contributed by atoms with E-state index < -0.39 is 9.84 Å². The van der Waals surface area contributed by atoms with E-state index in [0.29, 0.717) is 10.7 Å². The average Bonchev–Trinajstić information content (AvgIpc) is 2.82. The summed E-state index contributed by atoms with van der Waals surface area (Å²) in [6.45, 7) is 3.32. The van der Waals surface area contributed by atoms with Crippen molar-refractivity contribution in [3.05, 3.63) is 18.3 Å². The van der Waals surface area contributed by atoms with Crippen molar-refractivity contribution in [2.45, 2.75) is 24.2 Å². The van der Waals surface area contributed by atoms with Crippen LogP contribution < -0.4 is 4.90 Å². The van der Waals surface area contributed by atoms with E-state index in [4.69, 9.17) is 4.74 Å². The molecule has 0 aromatic carbocycles. The molecule has 0 aliphatic carbocycles. The van der Waals surface area contributed by atoms with Crippen molar-refractivity contribution in [2.75, 3.05) is 37.5 Å². The molecule has 5 nitrogen and oxygen atoms in total. The van der Waals surface area contributed by atoms with E-state index >= 15 is 0 Å². The maximum atomic E-state index is 11.9. The van der Waals surface area contributed by atoms with Crippen LogP contribution in [0, 0.1) is 5.41 Å². The highest BCUT2D eigenvalue weighted by Crippen LogP contribution is 2.40. The normalized spacial score (nSPS) is 27.1. The van der Waals surface area contributed by atoms with Crippen LogP contribution in [0.2, 0.25) is 0 Å². The first-order valence-corrected chi connectivity index (χ1v) is 8.87. The summed E-state index contributed by atoms with van der Waals surface area (Å²) in [5.41, 5.74) is 0.185.